The zero-order valence-corrected chi connectivity index (χ0v) is 16.9. The van der Waals surface area contributed by atoms with E-state index in [9.17, 15) is 9.59 Å². The molecule has 1 saturated heterocycles. The summed E-state index contributed by atoms with van der Waals surface area (Å²) >= 11 is 0. The first-order valence-electron chi connectivity index (χ1n) is 9.91. The van der Waals surface area contributed by atoms with Gasteiger partial charge in [0.05, 0.1) is 5.56 Å². The normalized spacial score (nSPS) is 14.8. The number of carbonyl (C=O) groups is 1. The van der Waals surface area contributed by atoms with Crippen LogP contribution in [0.5, 0.6) is 0 Å². The predicted octanol–water partition coefficient (Wildman–Crippen LogP) is 1.63. The van der Waals surface area contributed by atoms with Crippen LogP contribution in [0.3, 0.4) is 0 Å². The molecule has 0 aliphatic carbocycles. The molecule has 0 radical (unpaired) electrons. The van der Waals surface area contributed by atoms with Gasteiger partial charge in [-0.05, 0) is 25.0 Å². The van der Waals surface area contributed by atoms with Gasteiger partial charge in [0.25, 0.3) is 11.5 Å². The first-order valence-corrected chi connectivity index (χ1v) is 9.91. The smallest absolute Gasteiger partial charge is 0.275 e. The molecule has 9 heteroatoms. The molecule has 0 spiro atoms. The lowest BCUT2D eigenvalue weighted by Gasteiger charge is -2.37. The number of hydrogen-bond donors (Lipinski definition) is 2. The van der Waals surface area contributed by atoms with E-state index in [1.165, 1.54) is 4.57 Å². The van der Waals surface area contributed by atoms with E-state index < -0.39 is 0 Å². The Morgan fingerprint density at radius 3 is 2.87 bits per heavy atom. The fourth-order valence-electron chi connectivity index (χ4n) is 4.02. The van der Waals surface area contributed by atoms with Crippen molar-refractivity contribution >= 4 is 28.6 Å². The summed E-state index contributed by atoms with van der Waals surface area (Å²) in [6.07, 6.45) is 8.25. The van der Waals surface area contributed by atoms with Crippen molar-refractivity contribution in [1.82, 2.24) is 24.4 Å². The minimum Gasteiger partial charge on any atom is -0.368 e. The van der Waals surface area contributed by atoms with Crippen molar-refractivity contribution in [2.75, 3.05) is 30.8 Å². The molecule has 1 aliphatic rings. The van der Waals surface area contributed by atoms with E-state index in [0.717, 1.165) is 31.7 Å². The Kier molecular flexibility index (Phi) is 5.26. The molecule has 3 aromatic heterocycles. The molecular weight excluding hydrogens is 382 g/mol. The number of anilines is 2. The third-order valence-electron chi connectivity index (χ3n) is 5.67. The maximum absolute atomic E-state index is 13.3. The minimum atomic E-state index is -0.161. The van der Waals surface area contributed by atoms with Crippen LogP contribution < -0.4 is 16.2 Å². The molecule has 0 unspecified atom stereocenters. The fraction of sp³-hybridized carbons (Fsp3) is 0.333. The van der Waals surface area contributed by atoms with E-state index in [4.69, 9.17) is 5.73 Å². The maximum Gasteiger partial charge on any atom is 0.275 e. The van der Waals surface area contributed by atoms with Gasteiger partial charge in [0.2, 0.25) is 5.95 Å². The minimum absolute atomic E-state index is 0.0952. The zero-order valence-electron chi connectivity index (χ0n) is 16.9. The number of rotatable bonds is 5. The first kappa shape index (κ1) is 19.7. The van der Waals surface area contributed by atoms with Crippen LogP contribution in [0.4, 0.5) is 11.8 Å². The van der Waals surface area contributed by atoms with Gasteiger partial charge < -0.3 is 25.1 Å². The van der Waals surface area contributed by atoms with Gasteiger partial charge in [0.15, 0.2) is 0 Å². The molecule has 1 aliphatic heterocycles. The molecule has 3 aromatic rings. The Morgan fingerprint density at radius 2 is 2.17 bits per heavy atom. The maximum atomic E-state index is 13.3. The van der Waals surface area contributed by atoms with Crippen LogP contribution >= 0.6 is 0 Å². The number of aromatic amines is 1. The fourth-order valence-corrected chi connectivity index (χ4v) is 4.02. The van der Waals surface area contributed by atoms with E-state index in [1.807, 2.05) is 13.1 Å². The van der Waals surface area contributed by atoms with Crippen molar-refractivity contribution < 1.29 is 4.79 Å². The molecule has 30 heavy (non-hydrogen) atoms. The van der Waals surface area contributed by atoms with Gasteiger partial charge in [0.1, 0.15) is 11.3 Å². The second kappa shape index (κ2) is 8.02. The molecule has 1 amide bonds. The second-order valence-electron chi connectivity index (χ2n) is 7.46. The van der Waals surface area contributed by atoms with Crippen LogP contribution in [0.15, 0.2) is 48.2 Å². The summed E-state index contributed by atoms with van der Waals surface area (Å²) in [6.45, 7) is 5.59. The summed E-state index contributed by atoms with van der Waals surface area (Å²) < 4.78 is 1.51. The molecule has 156 valence electrons. The van der Waals surface area contributed by atoms with Gasteiger partial charge in [-0.15, -0.1) is 6.58 Å². The number of hydrogen-bond acceptors (Lipinski definition) is 6. The van der Waals surface area contributed by atoms with Gasteiger partial charge in [-0.2, -0.15) is 4.98 Å². The van der Waals surface area contributed by atoms with E-state index in [-0.39, 0.29) is 23.5 Å². The molecule has 4 rings (SSSR count). The number of amides is 1. The summed E-state index contributed by atoms with van der Waals surface area (Å²) in [5.74, 6) is 0.967. The number of carbonyl (C=O) groups excluding carboxylic acids is 1. The van der Waals surface area contributed by atoms with Gasteiger partial charge in [-0.3, -0.25) is 9.59 Å². The highest BCUT2D eigenvalue weighted by molar-refractivity contribution is 6.05. The molecule has 0 saturated carbocycles. The van der Waals surface area contributed by atoms with Gasteiger partial charge in [-0.1, -0.05) is 6.08 Å². The largest absolute Gasteiger partial charge is 0.368 e. The molecule has 0 bridgehead atoms. The Bertz CT molecular complexity index is 1140. The Hall–Kier alpha value is -3.62. The van der Waals surface area contributed by atoms with E-state index in [1.54, 1.807) is 35.6 Å². The third kappa shape index (κ3) is 3.54. The van der Waals surface area contributed by atoms with Crippen LogP contribution in [0.25, 0.3) is 10.9 Å². The lowest BCUT2D eigenvalue weighted by atomic mass is 10.0. The summed E-state index contributed by atoms with van der Waals surface area (Å²) in [5.41, 5.74) is 6.48. The molecule has 0 atom stereocenters. The molecule has 9 nitrogen and oxygen atoms in total. The quantitative estimate of drug-likeness (QED) is 0.622. The van der Waals surface area contributed by atoms with Crippen LogP contribution in [-0.2, 0) is 6.54 Å². The number of allylic oxidation sites excluding steroid dienone is 1. The van der Waals surface area contributed by atoms with Crippen molar-refractivity contribution in [3.8, 4) is 0 Å². The zero-order chi connectivity index (χ0) is 21.3. The number of nitrogen functional groups attached to an aromatic ring is 1. The highest BCUT2D eigenvalue weighted by Gasteiger charge is 2.28. The average molecular weight is 407 g/mol. The van der Waals surface area contributed by atoms with Crippen molar-refractivity contribution in [3.63, 3.8) is 0 Å². The molecule has 4 heterocycles. The van der Waals surface area contributed by atoms with E-state index in [2.05, 4.69) is 26.4 Å². The number of H-pyrrole nitrogens is 1. The van der Waals surface area contributed by atoms with Crippen molar-refractivity contribution in [2.45, 2.75) is 25.4 Å². The summed E-state index contributed by atoms with van der Waals surface area (Å²) in [4.78, 5) is 41.0. The van der Waals surface area contributed by atoms with Crippen molar-refractivity contribution in [1.29, 1.82) is 0 Å². The number of nitrogens with one attached hydrogen (secondary N) is 1. The summed E-state index contributed by atoms with van der Waals surface area (Å²) in [6, 6.07) is 3.72. The summed E-state index contributed by atoms with van der Waals surface area (Å²) in [7, 11) is 1.83. The predicted molar refractivity (Wildman–Crippen MR) is 117 cm³/mol. The lowest BCUT2D eigenvalue weighted by molar-refractivity contribution is 0.0710. The van der Waals surface area contributed by atoms with Crippen LogP contribution in [-0.4, -0.2) is 56.5 Å². The molecule has 3 N–H and O–H groups in total. The topological polar surface area (TPSA) is 113 Å². The highest BCUT2D eigenvalue weighted by atomic mass is 16.2. The molecule has 0 aromatic carbocycles. The van der Waals surface area contributed by atoms with Gasteiger partial charge >= 0.3 is 0 Å². The monoisotopic (exact) mass is 407 g/mol. The number of fused-ring (bicyclic) bond motifs is 1. The third-order valence-corrected chi connectivity index (χ3v) is 5.67. The highest BCUT2D eigenvalue weighted by Crippen LogP contribution is 2.23. The Labute approximate surface area is 173 Å². The molecule has 1 fully saturated rings. The number of nitrogens with zero attached hydrogens (tertiary/aromatic N) is 5. The molecular formula is C21H25N7O2. The Balaban J connectivity index is 1.53. The average Bonchev–Trinajstić information content (AvgIpc) is 3.25. The van der Waals surface area contributed by atoms with Crippen LogP contribution in [0, 0.1) is 0 Å². The lowest BCUT2D eigenvalue weighted by Crippen LogP contribution is -2.46. The van der Waals surface area contributed by atoms with E-state index in [0.29, 0.717) is 23.0 Å². The van der Waals surface area contributed by atoms with Crippen molar-refractivity contribution in [3.05, 3.63) is 59.3 Å². The van der Waals surface area contributed by atoms with Gasteiger partial charge in [0, 0.05) is 56.7 Å². The van der Waals surface area contributed by atoms with Gasteiger partial charge in [-0.25, -0.2) is 4.98 Å². The number of aromatic nitrogens is 4. The van der Waals surface area contributed by atoms with Crippen molar-refractivity contribution in [2.24, 2.45) is 0 Å². The van der Waals surface area contributed by atoms with Crippen LogP contribution in [0.1, 0.15) is 23.2 Å². The number of nitrogens with two attached hydrogens (primary N) is 1. The SMILES string of the molecule is C=CCn1cc(C(=O)N(C)C2CCN(c3ccnc(N)n3)CC2)c2cc[nH]c2c1=O. The summed E-state index contributed by atoms with van der Waals surface area (Å²) in [5, 5.41) is 0.644. The Morgan fingerprint density at radius 1 is 1.40 bits per heavy atom. The second-order valence-corrected chi connectivity index (χ2v) is 7.46. The number of pyridine rings is 1. The van der Waals surface area contributed by atoms with Crippen LogP contribution in [0.2, 0.25) is 0 Å². The van der Waals surface area contributed by atoms with E-state index >= 15 is 0 Å². The number of piperidine rings is 1. The first-order chi connectivity index (χ1) is 14.5. The standard InChI is InChI=1S/C21H25N7O2/c1-3-10-28-13-16(15-4-8-23-18(15)20(28)30)19(29)26(2)14-6-11-27(12-7-14)17-5-9-24-21(22)25-17/h3-5,8-9,13-14,23H,1,6-7,10-12H2,2H3,(H2,22,24,25).